The Bertz CT molecular complexity index is 1120. The molecule has 0 fully saturated rings. The number of ether oxygens (including phenoxy) is 4. The molecule has 39 heavy (non-hydrogen) atoms. The van der Waals surface area contributed by atoms with Crippen LogP contribution in [0.15, 0.2) is 85.9 Å². The summed E-state index contributed by atoms with van der Waals surface area (Å²) in [6.07, 6.45) is 2.60. The zero-order valence-corrected chi connectivity index (χ0v) is 22.8. The molecule has 0 aromatic heterocycles. The topological polar surface area (TPSA) is 131 Å². The van der Waals surface area contributed by atoms with Crippen LogP contribution in [0.3, 0.4) is 0 Å². The molecule has 0 amide bonds. The van der Waals surface area contributed by atoms with Gasteiger partial charge in [-0.1, -0.05) is 33.6 Å². The Morgan fingerprint density at radius 1 is 0.821 bits per heavy atom. The standard InChI is InChI=1S/C17H20O5.C10H9NO4.C2H6/c1-4-16(18)21-12-6-5-11-20-15-9-7-14(8-10-15)17(19)22-13(2)3;1-7(2)15-10(12)8-3-5-9(6-4-8)11(13)14;1-2/h4,7-10H,1-2,5-6,11-12H2,3H3;3-6H,1H2,2H3;1-2H3. The van der Waals surface area contributed by atoms with Gasteiger partial charge < -0.3 is 18.9 Å². The molecular weight excluding hydrogens is 506 g/mol. The van der Waals surface area contributed by atoms with Crippen molar-refractivity contribution in [3.63, 3.8) is 0 Å². The SMILES string of the molecule is C=C(C)OC(=O)c1ccc([N+](=O)[O-])cc1.C=CC(=O)OCCCCOc1ccc(C(=O)OC(=C)C)cc1.CC. The van der Waals surface area contributed by atoms with Crippen molar-refractivity contribution >= 4 is 23.6 Å². The number of unbranched alkanes of at least 4 members (excludes halogenated alkanes) is 1. The summed E-state index contributed by atoms with van der Waals surface area (Å²) in [5, 5.41) is 10.3. The van der Waals surface area contributed by atoms with Crippen molar-refractivity contribution < 1.29 is 38.3 Å². The van der Waals surface area contributed by atoms with Crippen LogP contribution in [0, 0.1) is 10.1 Å². The maximum atomic E-state index is 11.6. The van der Waals surface area contributed by atoms with Crippen LogP contribution in [0.25, 0.3) is 0 Å². The fourth-order valence-corrected chi connectivity index (χ4v) is 2.47. The van der Waals surface area contributed by atoms with Crippen molar-refractivity contribution in [2.75, 3.05) is 13.2 Å². The highest BCUT2D eigenvalue weighted by molar-refractivity contribution is 5.90. The zero-order chi connectivity index (χ0) is 29.8. The summed E-state index contributed by atoms with van der Waals surface area (Å²) in [5.74, 6) is -0.144. The lowest BCUT2D eigenvalue weighted by atomic mass is 10.2. The molecule has 0 aliphatic carbocycles. The molecule has 2 aromatic rings. The van der Waals surface area contributed by atoms with Crippen molar-refractivity contribution in [1.82, 2.24) is 0 Å². The molecule has 0 aliphatic rings. The van der Waals surface area contributed by atoms with Gasteiger partial charge in [0.1, 0.15) is 5.75 Å². The molecule has 0 radical (unpaired) electrons. The quantitative estimate of drug-likeness (QED) is 0.0556. The fourth-order valence-electron chi connectivity index (χ4n) is 2.47. The smallest absolute Gasteiger partial charge is 0.343 e. The number of hydrogen-bond donors (Lipinski definition) is 0. The number of non-ortho nitro benzene ring substituents is 1. The first kappa shape index (κ1) is 34.3. The van der Waals surface area contributed by atoms with Gasteiger partial charge in [0.2, 0.25) is 0 Å². The summed E-state index contributed by atoms with van der Waals surface area (Å²) in [6, 6.07) is 11.8. The van der Waals surface area contributed by atoms with E-state index < -0.39 is 22.8 Å². The van der Waals surface area contributed by atoms with E-state index in [-0.39, 0.29) is 17.0 Å². The summed E-state index contributed by atoms with van der Waals surface area (Å²) < 4.78 is 20.0. The minimum atomic E-state index is -0.572. The van der Waals surface area contributed by atoms with Gasteiger partial charge in [-0.25, -0.2) is 14.4 Å². The Labute approximate surface area is 228 Å². The number of rotatable bonds is 12. The number of hydrogen-bond acceptors (Lipinski definition) is 9. The normalized spacial score (nSPS) is 9.23. The van der Waals surface area contributed by atoms with Crippen LogP contribution < -0.4 is 4.74 Å². The van der Waals surface area contributed by atoms with E-state index in [0.29, 0.717) is 36.7 Å². The second-order valence-electron chi connectivity index (χ2n) is 7.44. The van der Waals surface area contributed by atoms with Gasteiger partial charge in [0.05, 0.1) is 40.8 Å². The number of carbonyl (C=O) groups excluding carboxylic acids is 3. The molecule has 0 N–H and O–H groups in total. The van der Waals surface area contributed by atoms with Crippen molar-refractivity contribution in [2.24, 2.45) is 0 Å². The Balaban J connectivity index is 0.000000740. The number of nitro benzene ring substituents is 1. The molecule has 0 atom stereocenters. The van der Waals surface area contributed by atoms with Gasteiger partial charge in [-0.3, -0.25) is 10.1 Å². The van der Waals surface area contributed by atoms with Gasteiger partial charge in [0.15, 0.2) is 0 Å². The summed E-state index contributed by atoms with van der Waals surface area (Å²) in [7, 11) is 0. The number of esters is 3. The van der Waals surface area contributed by atoms with E-state index in [1.54, 1.807) is 38.1 Å². The maximum Gasteiger partial charge on any atom is 0.343 e. The highest BCUT2D eigenvalue weighted by Crippen LogP contribution is 2.15. The fraction of sp³-hybridized carbons (Fsp3) is 0.276. The second kappa shape index (κ2) is 19.4. The van der Waals surface area contributed by atoms with Crippen molar-refractivity contribution in [3.05, 3.63) is 107 Å². The molecule has 0 aliphatic heterocycles. The summed E-state index contributed by atoms with van der Waals surface area (Å²) >= 11 is 0. The number of carbonyl (C=O) groups is 3. The molecule has 10 heteroatoms. The van der Waals surface area contributed by atoms with Gasteiger partial charge in [0.25, 0.3) is 5.69 Å². The van der Waals surface area contributed by atoms with Gasteiger partial charge in [-0.15, -0.1) is 0 Å². The maximum absolute atomic E-state index is 11.6. The zero-order valence-electron chi connectivity index (χ0n) is 22.8. The molecule has 210 valence electrons. The van der Waals surface area contributed by atoms with Gasteiger partial charge in [-0.05, 0) is 63.1 Å². The molecule has 10 nitrogen and oxygen atoms in total. The molecule has 0 bridgehead atoms. The van der Waals surface area contributed by atoms with E-state index in [4.69, 9.17) is 18.9 Å². The third-order valence-corrected chi connectivity index (χ3v) is 4.16. The van der Waals surface area contributed by atoms with Crippen LogP contribution >= 0.6 is 0 Å². The second-order valence-corrected chi connectivity index (χ2v) is 7.44. The molecule has 0 unspecified atom stereocenters. The third kappa shape index (κ3) is 15.2. The number of allylic oxidation sites excluding steroid dienone is 2. The van der Waals surface area contributed by atoms with E-state index in [0.717, 1.165) is 12.5 Å². The molecule has 2 rings (SSSR count). The summed E-state index contributed by atoms with van der Waals surface area (Å²) in [6.45, 7) is 18.2. The van der Waals surface area contributed by atoms with E-state index in [9.17, 15) is 24.5 Å². The molecule has 0 saturated carbocycles. The minimum Gasteiger partial charge on any atom is -0.494 e. The van der Waals surface area contributed by atoms with Crippen LogP contribution in [0.1, 0.15) is 61.3 Å². The highest BCUT2D eigenvalue weighted by Gasteiger charge is 2.10. The monoisotopic (exact) mass is 541 g/mol. The lowest BCUT2D eigenvalue weighted by Crippen LogP contribution is -2.05. The number of nitro groups is 1. The van der Waals surface area contributed by atoms with Crippen molar-refractivity contribution in [2.45, 2.75) is 40.5 Å². The molecule has 2 aromatic carbocycles. The van der Waals surface area contributed by atoms with Gasteiger partial charge in [-0.2, -0.15) is 0 Å². The predicted molar refractivity (Wildman–Crippen MR) is 147 cm³/mol. The first-order chi connectivity index (χ1) is 18.5. The molecular formula is C29H35NO9. The molecule has 0 heterocycles. The average molecular weight is 542 g/mol. The van der Waals surface area contributed by atoms with E-state index in [1.165, 1.54) is 24.3 Å². The predicted octanol–water partition coefficient (Wildman–Crippen LogP) is 6.58. The van der Waals surface area contributed by atoms with Gasteiger partial charge in [0, 0.05) is 18.2 Å². The van der Waals surface area contributed by atoms with Crippen LogP contribution in [0.4, 0.5) is 5.69 Å². The third-order valence-electron chi connectivity index (χ3n) is 4.16. The minimum absolute atomic E-state index is 0.0677. The molecule has 0 spiro atoms. The first-order valence-electron chi connectivity index (χ1n) is 12.0. The summed E-state index contributed by atoms with van der Waals surface area (Å²) in [5.41, 5.74) is 0.622. The average Bonchev–Trinajstić information content (AvgIpc) is 2.91. The Kier molecular flexibility index (Phi) is 17.0. The Morgan fingerprint density at radius 2 is 1.26 bits per heavy atom. The van der Waals surface area contributed by atoms with E-state index >= 15 is 0 Å². The lowest BCUT2D eigenvalue weighted by Gasteiger charge is -2.07. The highest BCUT2D eigenvalue weighted by atomic mass is 16.6. The van der Waals surface area contributed by atoms with Gasteiger partial charge >= 0.3 is 17.9 Å². The Hall–Kier alpha value is -4.73. The van der Waals surface area contributed by atoms with E-state index in [2.05, 4.69) is 19.7 Å². The van der Waals surface area contributed by atoms with Crippen molar-refractivity contribution in [1.29, 1.82) is 0 Å². The molecule has 0 saturated heterocycles. The van der Waals surface area contributed by atoms with Crippen LogP contribution in [0.5, 0.6) is 5.75 Å². The lowest BCUT2D eigenvalue weighted by molar-refractivity contribution is -0.384. The van der Waals surface area contributed by atoms with Crippen LogP contribution in [0.2, 0.25) is 0 Å². The first-order valence-corrected chi connectivity index (χ1v) is 12.0. The van der Waals surface area contributed by atoms with E-state index in [1.807, 2.05) is 13.8 Å². The summed E-state index contributed by atoms with van der Waals surface area (Å²) in [4.78, 5) is 43.5. The van der Waals surface area contributed by atoms with Crippen LogP contribution in [-0.2, 0) is 19.0 Å². The Morgan fingerprint density at radius 3 is 1.67 bits per heavy atom. The van der Waals surface area contributed by atoms with Crippen LogP contribution in [-0.4, -0.2) is 36.0 Å². The number of nitrogens with zero attached hydrogens (tertiary/aromatic N) is 1. The largest absolute Gasteiger partial charge is 0.494 e. The van der Waals surface area contributed by atoms with Crippen molar-refractivity contribution in [3.8, 4) is 5.75 Å². The number of benzene rings is 2.